The van der Waals surface area contributed by atoms with Gasteiger partial charge in [0.25, 0.3) is 0 Å². The van der Waals surface area contributed by atoms with Gasteiger partial charge in [-0.15, -0.1) is 0 Å². The van der Waals surface area contributed by atoms with Crippen LogP contribution in [-0.4, -0.2) is 59.9 Å². The summed E-state index contributed by atoms with van der Waals surface area (Å²) in [5.74, 6) is 0. The fourth-order valence-corrected chi connectivity index (χ4v) is 4.29. The summed E-state index contributed by atoms with van der Waals surface area (Å²) in [5, 5.41) is 0. The van der Waals surface area contributed by atoms with Gasteiger partial charge >= 0.3 is 9.05 Å². The molecule has 6 nitrogen and oxygen atoms in total. The molecule has 0 radical (unpaired) electrons. The molecule has 0 aromatic rings. The standard InChI is InChI=1S/C15H32O6Si/c1-12(2)19-22(20-13(3)4,21-14(5)6)18-9-7-8-16-10-15-11-17-15/h12-15H,7-11H2,1-6H3. The van der Waals surface area contributed by atoms with Gasteiger partial charge in [-0.1, -0.05) is 0 Å². The maximum atomic E-state index is 5.95. The Morgan fingerprint density at radius 3 is 1.82 bits per heavy atom. The highest BCUT2D eigenvalue weighted by Gasteiger charge is 2.48. The van der Waals surface area contributed by atoms with Crippen molar-refractivity contribution in [2.24, 2.45) is 0 Å². The van der Waals surface area contributed by atoms with E-state index in [-0.39, 0.29) is 18.3 Å². The van der Waals surface area contributed by atoms with Gasteiger partial charge in [0.05, 0.1) is 13.2 Å². The Labute approximate surface area is 135 Å². The molecule has 1 rings (SSSR count). The van der Waals surface area contributed by atoms with Gasteiger partial charge in [0.2, 0.25) is 0 Å². The van der Waals surface area contributed by atoms with Crippen molar-refractivity contribution < 1.29 is 27.2 Å². The molecule has 1 atom stereocenters. The lowest BCUT2D eigenvalue weighted by molar-refractivity contribution is -0.0765. The van der Waals surface area contributed by atoms with Crippen LogP contribution < -0.4 is 0 Å². The Hall–Kier alpha value is -0.0231. The molecule has 0 spiro atoms. The van der Waals surface area contributed by atoms with Gasteiger partial charge in [0.15, 0.2) is 0 Å². The van der Waals surface area contributed by atoms with Crippen LogP contribution in [0, 0.1) is 0 Å². The van der Waals surface area contributed by atoms with Crippen molar-refractivity contribution in [1.82, 2.24) is 0 Å². The van der Waals surface area contributed by atoms with Gasteiger partial charge in [-0.3, -0.25) is 0 Å². The Kier molecular flexibility index (Phi) is 9.07. The Morgan fingerprint density at radius 1 is 0.909 bits per heavy atom. The summed E-state index contributed by atoms with van der Waals surface area (Å²) in [4.78, 5) is 0. The molecule has 1 heterocycles. The largest absolute Gasteiger partial charge is 0.680 e. The Balaban J connectivity index is 2.41. The van der Waals surface area contributed by atoms with Crippen molar-refractivity contribution in [3.8, 4) is 0 Å². The highest BCUT2D eigenvalue weighted by Crippen LogP contribution is 2.19. The van der Waals surface area contributed by atoms with E-state index in [2.05, 4.69) is 0 Å². The predicted octanol–water partition coefficient (Wildman–Crippen LogP) is 2.52. The zero-order valence-electron chi connectivity index (χ0n) is 14.8. The molecule has 1 fully saturated rings. The van der Waals surface area contributed by atoms with E-state index in [9.17, 15) is 0 Å². The third-order valence-electron chi connectivity index (χ3n) is 2.56. The Morgan fingerprint density at radius 2 is 1.41 bits per heavy atom. The first-order valence-electron chi connectivity index (χ1n) is 8.19. The molecule has 0 saturated carbocycles. The van der Waals surface area contributed by atoms with Gasteiger partial charge in [-0.05, 0) is 48.0 Å². The first-order valence-corrected chi connectivity index (χ1v) is 9.83. The summed E-state index contributed by atoms with van der Waals surface area (Å²) in [6.07, 6.45) is 1.01. The maximum absolute atomic E-state index is 5.95. The van der Waals surface area contributed by atoms with E-state index in [0.29, 0.717) is 25.9 Å². The topological polar surface area (TPSA) is 58.7 Å². The van der Waals surface area contributed by atoms with Crippen LogP contribution in [0.25, 0.3) is 0 Å². The summed E-state index contributed by atoms with van der Waals surface area (Å²) in [5.41, 5.74) is 0. The fraction of sp³-hybridized carbons (Fsp3) is 1.00. The molecule has 0 aliphatic carbocycles. The molecular weight excluding hydrogens is 304 g/mol. The maximum Gasteiger partial charge on any atom is 0.680 e. The van der Waals surface area contributed by atoms with Crippen molar-refractivity contribution >= 4 is 9.05 Å². The van der Waals surface area contributed by atoms with Crippen LogP contribution in [0.1, 0.15) is 48.0 Å². The van der Waals surface area contributed by atoms with Gasteiger partial charge in [0.1, 0.15) is 6.10 Å². The fourth-order valence-electron chi connectivity index (χ4n) is 1.79. The first-order chi connectivity index (χ1) is 10.3. The minimum absolute atomic E-state index is 0.0209. The Bertz CT molecular complexity index is 267. The molecule has 0 N–H and O–H groups in total. The summed E-state index contributed by atoms with van der Waals surface area (Å²) in [6, 6.07) is 0. The van der Waals surface area contributed by atoms with Gasteiger partial charge < -0.3 is 27.2 Å². The van der Waals surface area contributed by atoms with Crippen molar-refractivity contribution in [3.05, 3.63) is 0 Å². The molecule has 22 heavy (non-hydrogen) atoms. The lowest BCUT2D eigenvalue weighted by Crippen LogP contribution is -2.53. The second-order valence-corrected chi connectivity index (χ2v) is 8.23. The van der Waals surface area contributed by atoms with Crippen LogP contribution in [0.4, 0.5) is 0 Å². The van der Waals surface area contributed by atoms with E-state index in [4.69, 9.17) is 27.2 Å². The summed E-state index contributed by atoms with van der Waals surface area (Å²) in [6.45, 7) is 14.3. The van der Waals surface area contributed by atoms with Crippen LogP contribution in [-0.2, 0) is 27.2 Å². The minimum Gasteiger partial charge on any atom is -0.379 e. The molecule has 0 aromatic heterocycles. The number of hydrogen-bond donors (Lipinski definition) is 0. The molecule has 0 aromatic carbocycles. The molecule has 1 aliphatic rings. The van der Waals surface area contributed by atoms with Gasteiger partial charge in [0, 0.05) is 31.5 Å². The number of hydrogen-bond acceptors (Lipinski definition) is 6. The molecule has 132 valence electrons. The van der Waals surface area contributed by atoms with Crippen molar-refractivity contribution in [2.75, 3.05) is 26.4 Å². The predicted molar refractivity (Wildman–Crippen MR) is 85.5 cm³/mol. The molecular formula is C15H32O6Si. The van der Waals surface area contributed by atoms with Crippen LogP contribution in [0.3, 0.4) is 0 Å². The summed E-state index contributed by atoms with van der Waals surface area (Å²) < 4.78 is 34.3. The van der Waals surface area contributed by atoms with Crippen LogP contribution >= 0.6 is 0 Å². The average molecular weight is 337 g/mol. The van der Waals surface area contributed by atoms with Crippen molar-refractivity contribution in [3.63, 3.8) is 0 Å². The molecule has 0 amide bonds. The second-order valence-electron chi connectivity index (χ2n) is 6.23. The minimum atomic E-state index is -3.13. The van der Waals surface area contributed by atoms with Crippen LogP contribution in [0.2, 0.25) is 0 Å². The van der Waals surface area contributed by atoms with Crippen LogP contribution in [0.5, 0.6) is 0 Å². The molecule has 0 bridgehead atoms. The zero-order chi connectivity index (χ0) is 16.6. The monoisotopic (exact) mass is 336 g/mol. The molecule has 7 heteroatoms. The third kappa shape index (κ3) is 9.19. The molecule has 1 unspecified atom stereocenters. The molecule has 1 aliphatic heterocycles. The van der Waals surface area contributed by atoms with Crippen molar-refractivity contribution in [1.29, 1.82) is 0 Å². The van der Waals surface area contributed by atoms with E-state index < -0.39 is 9.05 Å². The number of rotatable bonds is 13. The first kappa shape index (κ1) is 20.0. The lowest BCUT2D eigenvalue weighted by atomic mass is 10.5. The zero-order valence-corrected chi connectivity index (χ0v) is 15.8. The SMILES string of the molecule is CC(C)O[Si](OCCCOCC1CO1)(OC(C)C)OC(C)C. The third-order valence-corrected chi connectivity index (χ3v) is 5.40. The van der Waals surface area contributed by atoms with E-state index in [0.717, 1.165) is 13.0 Å². The van der Waals surface area contributed by atoms with Crippen molar-refractivity contribution in [2.45, 2.75) is 72.4 Å². The highest BCUT2D eigenvalue weighted by atomic mass is 28.4. The normalized spacial score (nSPS) is 18.7. The second kappa shape index (κ2) is 9.97. The van der Waals surface area contributed by atoms with Crippen LogP contribution in [0.15, 0.2) is 0 Å². The van der Waals surface area contributed by atoms with Gasteiger partial charge in [-0.25, -0.2) is 0 Å². The van der Waals surface area contributed by atoms with E-state index in [1.165, 1.54) is 0 Å². The quantitative estimate of drug-likeness (QED) is 0.293. The highest BCUT2D eigenvalue weighted by molar-refractivity contribution is 6.53. The van der Waals surface area contributed by atoms with E-state index in [1.807, 2.05) is 41.5 Å². The van der Waals surface area contributed by atoms with Gasteiger partial charge in [-0.2, -0.15) is 0 Å². The smallest absolute Gasteiger partial charge is 0.379 e. The average Bonchev–Trinajstić information content (AvgIpc) is 3.14. The molecule has 1 saturated heterocycles. The van der Waals surface area contributed by atoms with E-state index >= 15 is 0 Å². The number of epoxide rings is 1. The summed E-state index contributed by atoms with van der Waals surface area (Å²) in [7, 11) is -3.13. The lowest BCUT2D eigenvalue weighted by Gasteiger charge is -2.32. The number of ether oxygens (including phenoxy) is 2. The summed E-state index contributed by atoms with van der Waals surface area (Å²) >= 11 is 0. The van der Waals surface area contributed by atoms with E-state index in [1.54, 1.807) is 0 Å².